The lowest BCUT2D eigenvalue weighted by atomic mass is 9.85. The fourth-order valence-corrected chi connectivity index (χ4v) is 1.96. The summed E-state index contributed by atoms with van der Waals surface area (Å²) in [6.07, 6.45) is 2.45. The normalized spacial score (nSPS) is 14.4. The largest absolute Gasteiger partial charge is 0.481 e. The maximum absolute atomic E-state index is 11.2. The summed E-state index contributed by atoms with van der Waals surface area (Å²) in [5.41, 5.74) is 0.497. The number of nitrogens with zero attached hydrogens (tertiary/aromatic N) is 2. The molecule has 1 N–H and O–H groups in total. The van der Waals surface area contributed by atoms with E-state index >= 15 is 0 Å². The second-order valence-electron chi connectivity index (χ2n) is 4.29. The van der Waals surface area contributed by atoms with E-state index in [2.05, 4.69) is 11.7 Å². The summed E-state index contributed by atoms with van der Waals surface area (Å²) in [4.78, 5) is 11.2. The quantitative estimate of drug-likeness (QED) is 0.824. The van der Waals surface area contributed by atoms with Crippen LogP contribution in [-0.4, -0.2) is 20.9 Å². The van der Waals surface area contributed by atoms with Gasteiger partial charge in [-0.2, -0.15) is 5.10 Å². The predicted octanol–water partition coefficient (Wildman–Crippen LogP) is 2.46. The van der Waals surface area contributed by atoms with Gasteiger partial charge >= 0.3 is 5.97 Å². The smallest absolute Gasteiger partial charge is 0.313 e. The van der Waals surface area contributed by atoms with Crippen molar-refractivity contribution in [1.82, 2.24) is 9.78 Å². The van der Waals surface area contributed by atoms with Crippen LogP contribution in [-0.2, 0) is 24.7 Å². The third-order valence-corrected chi connectivity index (χ3v) is 3.41. The molecule has 94 valence electrons. The fraction of sp³-hybridized carbons (Fsp3) is 0.500. The van der Waals surface area contributed by atoms with Crippen LogP contribution in [0, 0.1) is 5.41 Å². The topological polar surface area (TPSA) is 55.1 Å². The Labute approximate surface area is 106 Å². The molecule has 1 aromatic rings. The van der Waals surface area contributed by atoms with Crippen molar-refractivity contribution in [2.45, 2.75) is 26.7 Å². The predicted molar refractivity (Wildman–Crippen MR) is 67.2 cm³/mol. The van der Waals surface area contributed by atoms with Crippen LogP contribution in [0.25, 0.3) is 0 Å². The molecule has 5 heteroatoms. The molecule has 0 fully saturated rings. The number of rotatable bonds is 5. The van der Waals surface area contributed by atoms with Gasteiger partial charge < -0.3 is 5.11 Å². The molecule has 0 spiro atoms. The van der Waals surface area contributed by atoms with Crippen molar-refractivity contribution in [3.63, 3.8) is 0 Å². The van der Waals surface area contributed by atoms with Crippen molar-refractivity contribution in [1.29, 1.82) is 0 Å². The van der Waals surface area contributed by atoms with Gasteiger partial charge in [0.25, 0.3) is 0 Å². The van der Waals surface area contributed by atoms with Crippen LogP contribution >= 0.6 is 11.6 Å². The number of carbonyl (C=O) groups is 1. The molecule has 0 amide bonds. The van der Waals surface area contributed by atoms with Gasteiger partial charge in [-0.1, -0.05) is 24.6 Å². The molecule has 4 nitrogen and oxygen atoms in total. The SMILES string of the molecule is C=CC(C)(Cc1c(Cl)c(CC)nn1C)C(=O)O. The first-order valence-corrected chi connectivity index (χ1v) is 5.80. The summed E-state index contributed by atoms with van der Waals surface area (Å²) in [6, 6.07) is 0. The molecule has 0 aliphatic carbocycles. The van der Waals surface area contributed by atoms with Crippen LogP contribution in [0.3, 0.4) is 0 Å². The lowest BCUT2D eigenvalue weighted by Crippen LogP contribution is -2.28. The standard InChI is InChI=1S/C12H17ClN2O2/c1-5-8-10(13)9(15(4)14-8)7-12(3,6-2)11(16)17/h6H,2,5,7H2,1,3-4H3,(H,16,17). The number of hydrogen-bond acceptors (Lipinski definition) is 2. The Morgan fingerprint density at radius 2 is 2.29 bits per heavy atom. The van der Waals surface area contributed by atoms with Gasteiger partial charge in [-0.3, -0.25) is 9.48 Å². The molecule has 1 heterocycles. The monoisotopic (exact) mass is 256 g/mol. The molecular formula is C12H17ClN2O2. The van der Waals surface area contributed by atoms with Crippen molar-refractivity contribution < 1.29 is 9.90 Å². The molecule has 0 radical (unpaired) electrons. The molecule has 0 saturated heterocycles. The molecule has 1 unspecified atom stereocenters. The van der Waals surface area contributed by atoms with Crippen molar-refractivity contribution in [2.75, 3.05) is 0 Å². The minimum absolute atomic E-state index is 0.286. The Bertz CT molecular complexity index is 454. The average molecular weight is 257 g/mol. The Morgan fingerprint density at radius 3 is 2.65 bits per heavy atom. The highest BCUT2D eigenvalue weighted by Crippen LogP contribution is 2.30. The van der Waals surface area contributed by atoms with Crippen molar-refractivity contribution in [3.8, 4) is 0 Å². The number of halogens is 1. The zero-order chi connectivity index (χ0) is 13.2. The van der Waals surface area contributed by atoms with Gasteiger partial charge in [-0.25, -0.2) is 0 Å². The maximum Gasteiger partial charge on any atom is 0.313 e. The summed E-state index contributed by atoms with van der Waals surface area (Å²) in [6.45, 7) is 7.17. The molecule has 0 bridgehead atoms. The molecule has 17 heavy (non-hydrogen) atoms. The third kappa shape index (κ3) is 2.52. The van der Waals surface area contributed by atoms with E-state index in [0.29, 0.717) is 5.02 Å². The van der Waals surface area contributed by atoms with Gasteiger partial charge in [0.15, 0.2) is 0 Å². The summed E-state index contributed by atoms with van der Waals surface area (Å²) < 4.78 is 1.64. The second kappa shape index (κ2) is 4.92. The van der Waals surface area contributed by atoms with Crippen LogP contribution in [0.4, 0.5) is 0 Å². The first-order valence-electron chi connectivity index (χ1n) is 5.43. The Morgan fingerprint density at radius 1 is 1.71 bits per heavy atom. The van der Waals surface area contributed by atoms with Crippen molar-refractivity contribution in [3.05, 3.63) is 29.1 Å². The van der Waals surface area contributed by atoms with E-state index in [-0.39, 0.29) is 6.42 Å². The van der Waals surface area contributed by atoms with Crippen LogP contribution in [0.2, 0.25) is 5.02 Å². The molecule has 1 aromatic heterocycles. The second-order valence-corrected chi connectivity index (χ2v) is 4.67. The minimum atomic E-state index is -1.03. The van der Waals surface area contributed by atoms with Gasteiger partial charge in [0, 0.05) is 13.5 Å². The van der Waals surface area contributed by atoms with Gasteiger partial charge in [0.05, 0.1) is 21.8 Å². The van der Waals surface area contributed by atoms with Crippen molar-refractivity contribution in [2.24, 2.45) is 12.5 Å². The lowest BCUT2D eigenvalue weighted by molar-refractivity contribution is -0.145. The van der Waals surface area contributed by atoms with E-state index in [0.717, 1.165) is 17.8 Å². The highest BCUT2D eigenvalue weighted by molar-refractivity contribution is 6.31. The lowest BCUT2D eigenvalue weighted by Gasteiger charge is -2.20. The highest BCUT2D eigenvalue weighted by Gasteiger charge is 2.32. The minimum Gasteiger partial charge on any atom is -0.481 e. The molecule has 1 rings (SSSR count). The Hall–Kier alpha value is -1.29. The number of aliphatic carboxylic acids is 1. The Balaban J connectivity index is 3.14. The summed E-state index contributed by atoms with van der Waals surface area (Å²) in [5, 5.41) is 14.0. The van der Waals surface area contributed by atoms with E-state index in [1.165, 1.54) is 6.08 Å². The average Bonchev–Trinajstić information content (AvgIpc) is 2.55. The van der Waals surface area contributed by atoms with Crippen LogP contribution in [0.1, 0.15) is 25.2 Å². The van der Waals surface area contributed by atoms with E-state index in [9.17, 15) is 9.90 Å². The zero-order valence-corrected chi connectivity index (χ0v) is 11.1. The van der Waals surface area contributed by atoms with Gasteiger partial charge in [-0.05, 0) is 13.3 Å². The first kappa shape index (κ1) is 13.8. The van der Waals surface area contributed by atoms with Crippen LogP contribution in [0.5, 0.6) is 0 Å². The fourth-order valence-electron chi connectivity index (χ4n) is 1.59. The van der Waals surface area contributed by atoms with Crippen LogP contribution in [0.15, 0.2) is 12.7 Å². The summed E-state index contributed by atoms with van der Waals surface area (Å²) in [5.74, 6) is -0.914. The summed E-state index contributed by atoms with van der Waals surface area (Å²) >= 11 is 6.19. The van der Waals surface area contributed by atoms with E-state index in [1.807, 2.05) is 6.92 Å². The van der Waals surface area contributed by atoms with Crippen molar-refractivity contribution >= 4 is 17.6 Å². The molecule has 0 aliphatic heterocycles. The van der Waals surface area contributed by atoms with E-state index < -0.39 is 11.4 Å². The molecule has 1 atom stereocenters. The number of carboxylic acid groups (broad SMARTS) is 1. The maximum atomic E-state index is 11.2. The number of aryl methyl sites for hydroxylation is 2. The Kier molecular flexibility index (Phi) is 3.98. The highest BCUT2D eigenvalue weighted by atomic mass is 35.5. The molecular weight excluding hydrogens is 240 g/mol. The first-order chi connectivity index (χ1) is 7.85. The number of hydrogen-bond donors (Lipinski definition) is 1. The molecule has 0 aliphatic rings. The third-order valence-electron chi connectivity index (χ3n) is 2.98. The molecule has 0 saturated carbocycles. The van der Waals surface area contributed by atoms with Crippen LogP contribution < -0.4 is 0 Å². The van der Waals surface area contributed by atoms with E-state index in [4.69, 9.17) is 11.6 Å². The summed E-state index contributed by atoms with van der Waals surface area (Å²) in [7, 11) is 1.77. The van der Waals surface area contributed by atoms with E-state index in [1.54, 1.807) is 18.7 Å². The number of aromatic nitrogens is 2. The number of carboxylic acids is 1. The van der Waals surface area contributed by atoms with Gasteiger partial charge in [-0.15, -0.1) is 6.58 Å². The van der Waals surface area contributed by atoms with Gasteiger partial charge in [0.1, 0.15) is 0 Å². The zero-order valence-electron chi connectivity index (χ0n) is 10.3. The van der Waals surface area contributed by atoms with Gasteiger partial charge in [0.2, 0.25) is 0 Å². The molecule has 0 aromatic carbocycles.